The Balaban J connectivity index is 1.25. The van der Waals surface area contributed by atoms with E-state index in [0.29, 0.717) is 27.4 Å². The highest BCUT2D eigenvalue weighted by atomic mass is 32.2. The van der Waals surface area contributed by atoms with Crippen molar-refractivity contribution in [1.29, 1.82) is 0 Å². The summed E-state index contributed by atoms with van der Waals surface area (Å²) in [5.41, 5.74) is 1.85. The number of para-hydroxylation sites is 1. The third-order valence-corrected chi connectivity index (χ3v) is 8.24. The summed E-state index contributed by atoms with van der Waals surface area (Å²) in [5.74, 6) is 1.28. The fourth-order valence-corrected chi connectivity index (χ4v) is 6.18. The predicted molar refractivity (Wildman–Crippen MR) is 139 cm³/mol. The minimum Gasteiger partial charge on any atom is -0.496 e. The van der Waals surface area contributed by atoms with Crippen molar-refractivity contribution in [2.24, 2.45) is 5.92 Å². The zero-order valence-corrected chi connectivity index (χ0v) is 20.9. The first-order chi connectivity index (χ1) is 17.1. The molecule has 3 aromatic rings. The summed E-state index contributed by atoms with van der Waals surface area (Å²) in [6.07, 6.45) is 7.11. The van der Waals surface area contributed by atoms with Gasteiger partial charge in [0, 0.05) is 50.4 Å². The van der Waals surface area contributed by atoms with Gasteiger partial charge in [0.05, 0.1) is 28.8 Å². The quantitative estimate of drug-likeness (QED) is 0.532. The Bertz CT molecular complexity index is 1210. The number of fused-ring (bicyclic) bond motifs is 1. The number of ether oxygens (including phenoxy) is 1. The van der Waals surface area contributed by atoms with Gasteiger partial charge in [0.25, 0.3) is 5.91 Å². The van der Waals surface area contributed by atoms with Gasteiger partial charge in [0.1, 0.15) is 5.75 Å². The molecular weight excluding hydrogens is 460 g/mol. The summed E-state index contributed by atoms with van der Waals surface area (Å²) in [5, 5.41) is 0.932. The Morgan fingerprint density at radius 3 is 2.63 bits per heavy atom. The average molecular weight is 493 g/mol. The van der Waals surface area contributed by atoms with Crippen LogP contribution in [0.15, 0.2) is 59.6 Å². The van der Waals surface area contributed by atoms with Gasteiger partial charge in [-0.2, -0.15) is 0 Å². The van der Waals surface area contributed by atoms with Crippen LogP contribution in [0.3, 0.4) is 0 Å². The standard InChI is InChI=1S/C27H32N4O3S/c1-34-24-18-22(29-35(33)25-10-4-8-21-9-5-13-28-26(21)25)11-12-23(24)27(32)31-16-14-30(15-17-31)19-20-6-2-3-7-20/h4-5,8-13,18,20,29H,2-3,6-7,14-17,19H2,1H3. The van der Waals surface area contributed by atoms with Crippen LogP contribution in [0.5, 0.6) is 5.75 Å². The highest BCUT2D eigenvalue weighted by molar-refractivity contribution is 7.86. The van der Waals surface area contributed by atoms with Crippen molar-refractivity contribution in [2.75, 3.05) is 44.6 Å². The molecule has 184 valence electrons. The third-order valence-electron chi connectivity index (χ3n) is 7.09. The van der Waals surface area contributed by atoms with Crippen LogP contribution in [0.1, 0.15) is 36.0 Å². The largest absolute Gasteiger partial charge is 0.496 e. The number of benzene rings is 2. The molecule has 1 aromatic heterocycles. The molecule has 0 radical (unpaired) electrons. The lowest BCUT2D eigenvalue weighted by atomic mass is 10.1. The highest BCUT2D eigenvalue weighted by Gasteiger charge is 2.26. The van der Waals surface area contributed by atoms with Crippen LogP contribution < -0.4 is 9.46 Å². The van der Waals surface area contributed by atoms with E-state index in [2.05, 4.69) is 14.6 Å². The number of anilines is 1. The van der Waals surface area contributed by atoms with Gasteiger partial charge in [0.15, 0.2) is 11.0 Å². The fourth-order valence-electron chi connectivity index (χ4n) is 5.18. The third kappa shape index (κ3) is 5.33. The fraction of sp³-hybridized carbons (Fsp3) is 0.407. The lowest BCUT2D eigenvalue weighted by Gasteiger charge is -2.36. The number of amides is 1. The number of nitrogens with one attached hydrogen (secondary N) is 1. The van der Waals surface area contributed by atoms with E-state index in [4.69, 9.17) is 4.74 Å². The van der Waals surface area contributed by atoms with Crippen LogP contribution in [0.25, 0.3) is 10.9 Å². The van der Waals surface area contributed by atoms with Gasteiger partial charge in [-0.05, 0) is 43.0 Å². The van der Waals surface area contributed by atoms with Crippen molar-refractivity contribution in [1.82, 2.24) is 14.8 Å². The summed E-state index contributed by atoms with van der Waals surface area (Å²) in [6, 6.07) is 14.7. The number of hydrogen-bond donors (Lipinski definition) is 1. The van der Waals surface area contributed by atoms with E-state index in [9.17, 15) is 9.00 Å². The lowest BCUT2D eigenvalue weighted by molar-refractivity contribution is 0.0615. The average Bonchev–Trinajstić information content (AvgIpc) is 3.41. The minimum atomic E-state index is -1.52. The zero-order valence-electron chi connectivity index (χ0n) is 20.1. The topological polar surface area (TPSA) is 74.8 Å². The van der Waals surface area contributed by atoms with Crippen LogP contribution in [-0.4, -0.2) is 64.7 Å². The van der Waals surface area contributed by atoms with E-state index in [-0.39, 0.29) is 5.91 Å². The van der Waals surface area contributed by atoms with Gasteiger partial charge in [-0.25, -0.2) is 4.21 Å². The van der Waals surface area contributed by atoms with E-state index in [1.54, 1.807) is 37.6 Å². The molecule has 5 rings (SSSR count). The second-order valence-corrected chi connectivity index (χ2v) is 10.5. The van der Waals surface area contributed by atoms with E-state index in [1.807, 2.05) is 29.2 Å². The molecule has 1 saturated heterocycles. The maximum Gasteiger partial charge on any atom is 0.257 e. The van der Waals surface area contributed by atoms with Gasteiger partial charge in [-0.15, -0.1) is 0 Å². The molecule has 1 N–H and O–H groups in total. The first-order valence-corrected chi connectivity index (χ1v) is 13.5. The SMILES string of the molecule is COc1cc(NS(=O)c2cccc3cccnc23)ccc1C(=O)N1CCN(CC2CCCC2)CC1. The van der Waals surface area contributed by atoms with Gasteiger partial charge >= 0.3 is 0 Å². The number of piperazine rings is 1. The van der Waals surface area contributed by atoms with Crippen molar-refractivity contribution >= 4 is 33.5 Å². The molecule has 8 heteroatoms. The maximum atomic E-state index is 13.3. The lowest BCUT2D eigenvalue weighted by Crippen LogP contribution is -2.49. The van der Waals surface area contributed by atoms with Gasteiger partial charge in [-0.3, -0.25) is 14.7 Å². The van der Waals surface area contributed by atoms with Crippen molar-refractivity contribution in [2.45, 2.75) is 30.6 Å². The van der Waals surface area contributed by atoms with Gasteiger partial charge in [-0.1, -0.05) is 31.0 Å². The number of nitrogens with zero attached hydrogens (tertiary/aromatic N) is 3. The predicted octanol–water partition coefficient (Wildman–Crippen LogP) is 4.33. The van der Waals surface area contributed by atoms with Crippen molar-refractivity contribution in [3.63, 3.8) is 0 Å². The number of carbonyl (C=O) groups is 1. The van der Waals surface area contributed by atoms with Gasteiger partial charge in [0.2, 0.25) is 0 Å². The van der Waals surface area contributed by atoms with E-state index in [0.717, 1.165) is 44.0 Å². The summed E-state index contributed by atoms with van der Waals surface area (Å²) in [6.45, 7) is 4.46. The molecule has 1 aliphatic heterocycles. The monoisotopic (exact) mass is 492 g/mol. The van der Waals surface area contributed by atoms with E-state index in [1.165, 1.54) is 25.7 Å². The van der Waals surface area contributed by atoms with Crippen LogP contribution in [0.4, 0.5) is 5.69 Å². The number of methoxy groups -OCH3 is 1. The second kappa shape index (κ2) is 10.7. The first-order valence-electron chi connectivity index (χ1n) is 12.3. The summed E-state index contributed by atoms with van der Waals surface area (Å²) < 4.78 is 21.7. The summed E-state index contributed by atoms with van der Waals surface area (Å²) >= 11 is 0. The molecule has 2 heterocycles. The first kappa shape index (κ1) is 23.8. The number of carbonyl (C=O) groups excluding carboxylic acids is 1. The smallest absolute Gasteiger partial charge is 0.257 e. The molecule has 2 fully saturated rings. The molecule has 1 saturated carbocycles. The summed E-state index contributed by atoms with van der Waals surface area (Å²) in [4.78, 5) is 22.7. The molecule has 2 aromatic carbocycles. The highest BCUT2D eigenvalue weighted by Crippen LogP contribution is 2.28. The maximum absolute atomic E-state index is 13.3. The number of aromatic nitrogens is 1. The zero-order chi connectivity index (χ0) is 24.2. The molecular formula is C27H32N4O3S. The van der Waals surface area contributed by atoms with Crippen molar-refractivity contribution in [3.8, 4) is 5.75 Å². The van der Waals surface area contributed by atoms with Crippen molar-refractivity contribution in [3.05, 3.63) is 60.3 Å². The molecule has 1 amide bonds. The molecule has 1 unspecified atom stereocenters. The molecule has 1 atom stereocenters. The normalized spacial score (nSPS) is 18.0. The molecule has 0 spiro atoms. The Morgan fingerprint density at radius 1 is 1.09 bits per heavy atom. The number of hydrogen-bond acceptors (Lipinski definition) is 5. The Morgan fingerprint density at radius 2 is 1.86 bits per heavy atom. The Hall–Kier alpha value is -2.97. The van der Waals surface area contributed by atoms with E-state index >= 15 is 0 Å². The van der Waals surface area contributed by atoms with Crippen LogP contribution in [0.2, 0.25) is 0 Å². The van der Waals surface area contributed by atoms with E-state index < -0.39 is 11.0 Å². The molecule has 0 bridgehead atoms. The second-order valence-electron chi connectivity index (χ2n) is 9.36. The molecule has 35 heavy (non-hydrogen) atoms. The van der Waals surface area contributed by atoms with Crippen LogP contribution >= 0.6 is 0 Å². The minimum absolute atomic E-state index is 0.0201. The Labute approximate surface area is 209 Å². The molecule has 1 aliphatic carbocycles. The molecule has 7 nitrogen and oxygen atoms in total. The number of pyridine rings is 1. The summed E-state index contributed by atoms with van der Waals surface area (Å²) in [7, 11) is 0.0403. The Kier molecular flexibility index (Phi) is 7.29. The van der Waals surface area contributed by atoms with Crippen molar-refractivity contribution < 1.29 is 13.7 Å². The number of rotatable bonds is 7. The molecule has 2 aliphatic rings. The van der Waals surface area contributed by atoms with Crippen LogP contribution in [-0.2, 0) is 11.0 Å². The van der Waals surface area contributed by atoms with Crippen LogP contribution in [0, 0.1) is 5.92 Å². The van der Waals surface area contributed by atoms with Gasteiger partial charge < -0.3 is 14.4 Å².